The van der Waals surface area contributed by atoms with E-state index < -0.39 is 24.1 Å². The molecule has 0 N–H and O–H groups in total. The van der Waals surface area contributed by atoms with E-state index in [0.717, 1.165) is 55.1 Å². The molecule has 0 amide bonds. The minimum Gasteiger partial charge on any atom is -0.550 e. The zero-order valence-electron chi connectivity index (χ0n) is 15.8. The second kappa shape index (κ2) is 7.58. The van der Waals surface area contributed by atoms with Gasteiger partial charge in [0.05, 0.1) is 12.2 Å². The van der Waals surface area contributed by atoms with Crippen molar-refractivity contribution in [1.29, 1.82) is 0 Å². The molecule has 1 heterocycles. The number of aliphatic carboxylic acids is 1. The van der Waals surface area contributed by atoms with Crippen LogP contribution in [0.5, 0.6) is 5.75 Å². The van der Waals surface area contributed by atoms with Gasteiger partial charge >= 0.3 is 6.18 Å². The van der Waals surface area contributed by atoms with Crippen LogP contribution < -0.4 is 9.84 Å². The van der Waals surface area contributed by atoms with Gasteiger partial charge in [0, 0.05) is 12.4 Å². The molecule has 0 radical (unpaired) electrons. The molecule has 1 aliphatic heterocycles. The van der Waals surface area contributed by atoms with Gasteiger partial charge in [-0.3, -0.25) is 0 Å². The fraction of sp³-hybridized carbons (Fsp3) is 0.348. The second-order valence-electron chi connectivity index (χ2n) is 7.46. The number of carboxylic acid groups (broad SMARTS) is 1. The van der Waals surface area contributed by atoms with Crippen LogP contribution in [0.2, 0.25) is 0 Å². The second-order valence-corrected chi connectivity index (χ2v) is 7.46. The Morgan fingerprint density at radius 3 is 2.62 bits per heavy atom. The van der Waals surface area contributed by atoms with Gasteiger partial charge in [-0.25, -0.2) is 0 Å². The number of aryl methyl sites for hydroxylation is 1. The highest BCUT2D eigenvalue weighted by atomic mass is 19.4. The number of carboxylic acids is 1. The molecule has 6 heteroatoms. The van der Waals surface area contributed by atoms with Crippen LogP contribution in [0.1, 0.15) is 47.9 Å². The highest BCUT2D eigenvalue weighted by Crippen LogP contribution is 2.44. The molecule has 0 unspecified atom stereocenters. The van der Waals surface area contributed by atoms with Crippen molar-refractivity contribution < 1.29 is 27.8 Å². The molecule has 0 aromatic heterocycles. The Balaban J connectivity index is 1.99. The third kappa shape index (κ3) is 3.88. The number of fused-ring (bicyclic) bond motifs is 1. The summed E-state index contributed by atoms with van der Waals surface area (Å²) < 4.78 is 46.8. The van der Waals surface area contributed by atoms with Gasteiger partial charge in [0.2, 0.25) is 0 Å². The van der Waals surface area contributed by atoms with Crippen LogP contribution in [-0.2, 0) is 23.8 Å². The number of carbonyl (C=O) groups excluding carboxylic acids is 1. The molecule has 0 atom stereocenters. The number of benzene rings is 2. The minimum absolute atomic E-state index is 0.237. The lowest BCUT2D eigenvalue weighted by atomic mass is 9.85. The van der Waals surface area contributed by atoms with Crippen molar-refractivity contribution in [3.8, 4) is 16.9 Å². The molecule has 2 aliphatic rings. The zero-order chi connectivity index (χ0) is 20.6. The molecule has 0 bridgehead atoms. The fourth-order valence-corrected chi connectivity index (χ4v) is 4.27. The summed E-state index contributed by atoms with van der Waals surface area (Å²) in [6.45, 7) is 0.615. The lowest BCUT2D eigenvalue weighted by Crippen LogP contribution is -2.26. The third-order valence-corrected chi connectivity index (χ3v) is 5.52. The van der Waals surface area contributed by atoms with Crippen molar-refractivity contribution in [2.75, 3.05) is 6.61 Å². The third-order valence-electron chi connectivity index (χ3n) is 5.52. The van der Waals surface area contributed by atoms with E-state index in [9.17, 15) is 23.1 Å². The first-order valence-electron chi connectivity index (χ1n) is 9.73. The summed E-state index contributed by atoms with van der Waals surface area (Å²) in [5.74, 6) is -0.800. The Morgan fingerprint density at radius 2 is 1.93 bits per heavy atom. The summed E-state index contributed by atoms with van der Waals surface area (Å²) in [6, 6.07) is 7.79. The molecule has 3 nitrogen and oxygen atoms in total. The maximum Gasteiger partial charge on any atom is 0.416 e. The largest absolute Gasteiger partial charge is 0.550 e. The minimum atomic E-state index is -4.65. The van der Waals surface area contributed by atoms with E-state index in [1.54, 1.807) is 12.1 Å². The zero-order valence-corrected chi connectivity index (χ0v) is 15.8. The summed E-state index contributed by atoms with van der Waals surface area (Å²) >= 11 is 0. The van der Waals surface area contributed by atoms with E-state index in [4.69, 9.17) is 4.74 Å². The van der Waals surface area contributed by atoms with Crippen molar-refractivity contribution in [3.63, 3.8) is 0 Å². The number of alkyl halides is 3. The lowest BCUT2D eigenvalue weighted by Gasteiger charge is -2.23. The topological polar surface area (TPSA) is 49.4 Å². The predicted octanol–water partition coefficient (Wildman–Crippen LogP) is 4.56. The highest BCUT2D eigenvalue weighted by molar-refractivity contribution is 5.87. The molecule has 0 fully saturated rings. The van der Waals surface area contributed by atoms with Crippen molar-refractivity contribution in [2.24, 2.45) is 0 Å². The smallest absolute Gasteiger partial charge is 0.416 e. The number of hydrogen-bond donors (Lipinski definition) is 0. The number of rotatable bonds is 4. The van der Waals surface area contributed by atoms with Gasteiger partial charge in [0.15, 0.2) is 0 Å². The van der Waals surface area contributed by atoms with E-state index in [1.165, 1.54) is 6.07 Å². The molecule has 29 heavy (non-hydrogen) atoms. The quantitative estimate of drug-likeness (QED) is 0.755. The number of hydrogen-bond acceptors (Lipinski definition) is 3. The van der Waals surface area contributed by atoms with Crippen molar-refractivity contribution in [3.05, 3.63) is 58.7 Å². The Labute approximate surface area is 166 Å². The molecule has 1 aliphatic carbocycles. The molecule has 0 saturated heterocycles. The molecule has 2 aromatic carbocycles. The number of carbonyl (C=O) groups is 1. The SMILES string of the molecule is O=C([O-])Cc1c(C(F)(F)F)ccc(C2=CCCC2)c1-c1ccc2c(c1)CCCO2. The molecule has 0 saturated carbocycles. The normalized spacial score (nSPS) is 16.2. The first-order chi connectivity index (χ1) is 13.8. The number of allylic oxidation sites excluding steroid dienone is 2. The molecule has 0 spiro atoms. The van der Waals surface area contributed by atoms with Crippen LogP contribution in [0, 0.1) is 0 Å². The Hall–Kier alpha value is -2.76. The average Bonchev–Trinajstić information content (AvgIpc) is 3.20. The summed E-state index contributed by atoms with van der Waals surface area (Å²) in [7, 11) is 0. The summed E-state index contributed by atoms with van der Waals surface area (Å²) in [5.41, 5.74) is 2.32. The van der Waals surface area contributed by atoms with Crippen molar-refractivity contribution >= 4 is 11.5 Å². The van der Waals surface area contributed by atoms with Crippen LogP contribution in [0.3, 0.4) is 0 Å². The lowest BCUT2D eigenvalue weighted by molar-refractivity contribution is -0.304. The fourth-order valence-electron chi connectivity index (χ4n) is 4.27. The van der Waals surface area contributed by atoms with Gasteiger partial charge in [-0.15, -0.1) is 0 Å². The van der Waals surface area contributed by atoms with Gasteiger partial charge < -0.3 is 14.6 Å². The predicted molar refractivity (Wildman–Crippen MR) is 101 cm³/mol. The van der Waals surface area contributed by atoms with E-state index >= 15 is 0 Å². The summed E-state index contributed by atoms with van der Waals surface area (Å²) in [4.78, 5) is 11.4. The monoisotopic (exact) mass is 401 g/mol. The van der Waals surface area contributed by atoms with Gasteiger partial charge in [0.25, 0.3) is 0 Å². The summed E-state index contributed by atoms with van der Waals surface area (Å²) in [6.07, 6.45) is 0.748. The van der Waals surface area contributed by atoms with Crippen molar-refractivity contribution in [2.45, 2.75) is 44.7 Å². The Morgan fingerprint density at radius 1 is 1.10 bits per heavy atom. The van der Waals surface area contributed by atoms with Crippen LogP contribution in [0.15, 0.2) is 36.4 Å². The highest BCUT2D eigenvalue weighted by Gasteiger charge is 2.35. The maximum absolute atomic E-state index is 13.7. The Kier molecular flexibility index (Phi) is 5.11. The van der Waals surface area contributed by atoms with Gasteiger partial charge in [-0.1, -0.05) is 18.2 Å². The molecular formula is C23H20F3O3-. The van der Waals surface area contributed by atoms with Gasteiger partial charge in [-0.2, -0.15) is 13.2 Å². The molecule has 2 aromatic rings. The van der Waals surface area contributed by atoms with E-state index in [-0.39, 0.29) is 5.56 Å². The maximum atomic E-state index is 13.7. The van der Waals surface area contributed by atoms with Gasteiger partial charge in [-0.05, 0) is 83.7 Å². The Bertz CT molecular complexity index is 990. The van der Waals surface area contributed by atoms with E-state index in [1.807, 2.05) is 12.1 Å². The van der Waals surface area contributed by atoms with Gasteiger partial charge in [0.1, 0.15) is 5.75 Å². The molecular weight excluding hydrogens is 381 g/mol. The summed E-state index contributed by atoms with van der Waals surface area (Å²) in [5, 5.41) is 11.4. The van der Waals surface area contributed by atoms with E-state index in [2.05, 4.69) is 0 Å². The van der Waals surface area contributed by atoms with Crippen LogP contribution >= 0.6 is 0 Å². The van der Waals surface area contributed by atoms with Crippen LogP contribution in [-0.4, -0.2) is 12.6 Å². The van der Waals surface area contributed by atoms with Crippen LogP contribution in [0.25, 0.3) is 16.7 Å². The average molecular weight is 401 g/mol. The van der Waals surface area contributed by atoms with E-state index in [0.29, 0.717) is 23.3 Å². The number of ether oxygens (including phenoxy) is 1. The number of halogens is 3. The molecule has 4 rings (SSSR count). The van der Waals surface area contributed by atoms with Crippen molar-refractivity contribution in [1.82, 2.24) is 0 Å². The first-order valence-corrected chi connectivity index (χ1v) is 9.73. The standard InChI is InChI=1S/C23H21F3O3/c24-23(25,26)19-9-8-17(14-4-1-2-5-14)22(18(19)13-21(27)28)16-7-10-20-15(12-16)6-3-11-29-20/h4,7-10,12H,1-3,5-6,11,13H2,(H,27,28)/p-1. The first kappa shape index (κ1) is 19.6. The molecule has 152 valence electrons. The van der Waals surface area contributed by atoms with Crippen LogP contribution in [0.4, 0.5) is 13.2 Å².